The monoisotopic (exact) mass is 333 g/mol. The number of esters is 3. The minimum absolute atomic E-state index is 0.0627. The Labute approximate surface area is 137 Å². The first-order valence-electron chi connectivity index (χ1n) is 6.69. The Hall–Kier alpha value is -3.41. The summed E-state index contributed by atoms with van der Waals surface area (Å²) < 4.78 is 13.9. The van der Waals surface area contributed by atoms with Crippen molar-refractivity contribution in [2.75, 3.05) is 26.3 Å². The molecule has 0 radical (unpaired) electrons. The van der Waals surface area contributed by atoms with Crippen molar-refractivity contribution in [3.63, 3.8) is 0 Å². The smallest absolute Gasteiger partial charge is 0.369 e. The molecule has 0 aromatic heterocycles. The normalized spacial score (nSPS) is 10.3. The Morgan fingerprint density at radius 2 is 1.67 bits per heavy atom. The minimum atomic E-state index is -0.898. The first kappa shape index (κ1) is 18.6. The number of ether oxygens (including phenoxy) is 3. The van der Waals surface area contributed by atoms with Gasteiger partial charge in [0.2, 0.25) is 5.71 Å². The summed E-state index contributed by atoms with van der Waals surface area (Å²) >= 11 is 0. The lowest BCUT2D eigenvalue weighted by Gasteiger charge is -2.07. The zero-order chi connectivity index (χ0) is 18.1. The molecule has 0 heterocycles. The van der Waals surface area contributed by atoms with Crippen molar-refractivity contribution < 1.29 is 28.6 Å². The molecule has 0 bridgehead atoms. The fourth-order valence-electron chi connectivity index (χ4n) is 1.60. The number of benzene rings is 1. The van der Waals surface area contributed by atoms with E-state index in [-0.39, 0.29) is 23.4 Å². The van der Waals surface area contributed by atoms with Gasteiger partial charge in [-0.3, -0.25) is 5.43 Å². The number of carbonyl (C=O) groups is 3. The van der Waals surface area contributed by atoms with Gasteiger partial charge in [0.1, 0.15) is 6.07 Å². The highest BCUT2D eigenvalue weighted by Gasteiger charge is 2.15. The van der Waals surface area contributed by atoms with Gasteiger partial charge in [0.05, 0.1) is 37.6 Å². The summed E-state index contributed by atoms with van der Waals surface area (Å²) in [4.78, 5) is 34.8. The van der Waals surface area contributed by atoms with Gasteiger partial charge in [-0.1, -0.05) is 0 Å². The summed E-state index contributed by atoms with van der Waals surface area (Å²) in [5, 5.41) is 12.5. The summed E-state index contributed by atoms with van der Waals surface area (Å²) in [5.41, 5.74) is 2.21. The van der Waals surface area contributed by atoms with Crippen LogP contribution in [-0.4, -0.2) is 44.4 Å². The van der Waals surface area contributed by atoms with Crippen LogP contribution in [0.4, 0.5) is 5.69 Å². The molecule has 1 N–H and O–H groups in total. The van der Waals surface area contributed by atoms with Gasteiger partial charge in [-0.25, -0.2) is 14.4 Å². The van der Waals surface area contributed by atoms with Gasteiger partial charge in [0, 0.05) is 0 Å². The Balaban J connectivity index is 3.18. The van der Waals surface area contributed by atoms with Gasteiger partial charge >= 0.3 is 17.9 Å². The maximum Gasteiger partial charge on any atom is 0.369 e. The Bertz CT molecular complexity index is 686. The highest BCUT2D eigenvalue weighted by molar-refractivity contribution is 6.43. The Kier molecular flexibility index (Phi) is 6.91. The molecule has 1 aromatic carbocycles. The van der Waals surface area contributed by atoms with E-state index in [2.05, 4.69) is 24.7 Å². The molecule has 1 aromatic rings. The summed E-state index contributed by atoms with van der Waals surface area (Å²) in [5.74, 6) is -2.26. The maximum absolute atomic E-state index is 11.7. The molecule has 0 aliphatic heterocycles. The van der Waals surface area contributed by atoms with Crippen LogP contribution in [0, 0.1) is 11.3 Å². The third kappa shape index (κ3) is 4.81. The van der Waals surface area contributed by atoms with E-state index >= 15 is 0 Å². The first-order valence-corrected chi connectivity index (χ1v) is 6.69. The van der Waals surface area contributed by atoms with E-state index in [1.807, 2.05) is 0 Å². The van der Waals surface area contributed by atoms with E-state index in [1.165, 1.54) is 32.4 Å². The number of nitriles is 1. The van der Waals surface area contributed by atoms with Gasteiger partial charge in [-0.15, -0.1) is 0 Å². The number of nitrogens with one attached hydrogen (secondary N) is 1. The van der Waals surface area contributed by atoms with Crippen LogP contribution in [0.2, 0.25) is 0 Å². The minimum Gasteiger partial charge on any atom is -0.465 e. The largest absolute Gasteiger partial charge is 0.465 e. The van der Waals surface area contributed by atoms with E-state index in [0.717, 1.165) is 0 Å². The number of hydrazone groups is 1. The molecular weight excluding hydrogens is 318 g/mol. The quantitative estimate of drug-likeness (QED) is 0.355. The number of hydrogen-bond acceptors (Lipinski definition) is 9. The molecule has 0 unspecified atom stereocenters. The van der Waals surface area contributed by atoms with Crippen LogP contribution in [0.25, 0.3) is 0 Å². The van der Waals surface area contributed by atoms with Crippen LogP contribution in [0.1, 0.15) is 27.6 Å². The zero-order valence-corrected chi connectivity index (χ0v) is 13.3. The molecule has 0 aliphatic rings. The van der Waals surface area contributed by atoms with Crippen molar-refractivity contribution in [2.24, 2.45) is 5.10 Å². The number of rotatable bonds is 6. The molecule has 9 nitrogen and oxygen atoms in total. The molecule has 0 fully saturated rings. The SMILES string of the molecule is CCOC(=O)/C(C#N)=N\Nc1cc(C(=O)OC)cc(C(=O)OC)c1. The second kappa shape index (κ2) is 8.89. The van der Waals surface area contributed by atoms with Gasteiger partial charge in [0.25, 0.3) is 0 Å². The van der Waals surface area contributed by atoms with Crippen LogP contribution in [0.5, 0.6) is 0 Å². The zero-order valence-electron chi connectivity index (χ0n) is 13.3. The highest BCUT2D eigenvalue weighted by Crippen LogP contribution is 2.17. The fourth-order valence-corrected chi connectivity index (χ4v) is 1.60. The second-order valence-corrected chi connectivity index (χ2v) is 4.19. The lowest BCUT2D eigenvalue weighted by molar-refractivity contribution is -0.134. The molecule has 0 atom stereocenters. The summed E-state index contributed by atoms with van der Waals surface area (Å²) in [7, 11) is 2.37. The molecule has 1 rings (SSSR count). The van der Waals surface area contributed by atoms with Gasteiger partial charge in [-0.2, -0.15) is 10.4 Å². The lowest BCUT2D eigenvalue weighted by atomic mass is 10.1. The van der Waals surface area contributed by atoms with Crippen molar-refractivity contribution >= 4 is 29.3 Å². The number of anilines is 1. The van der Waals surface area contributed by atoms with Crippen LogP contribution in [-0.2, 0) is 19.0 Å². The number of methoxy groups -OCH3 is 2. The molecule has 0 saturated heterocycles. The van der Waals surface area contributed by atoms with Crippen molar-refractivity contribution in [3.05, 3.63) is 29.3 Å². The van der Waals surface area contributed by atoms with Crippen LogP contribution in [0.3, 0.4) is 0 Å². The summed E-state index contributed by atoms with van der Waals surface area (Å²) in [6, 6.07) is 5.54. The van der Waals surface area contributed by atoms with Crippen LogP contribution in [0.15, 0.2) is 23.3 Å². The van der Waals surface area contributed by atoms with E-state index in [4.69, 9.17) is 5.26 Å². The molecule has 0 aliphatic carbocycles. The van der Waals surface area contributed by atoms with Crippen LogP contribution < -0.4 is 5.43 Å². The van der Waals surface area contributed by atoms with Gasteiger partial charge in [0.15, 0.2) is 0 Å². The second-order valence-electron chi connectivity index (χ2n) is 4.19. The number of hydrogen-bond donors (Lipinski definition) is 1. The van der Waals surface area contributed by atoms with Crippen molar-refractivity contribution in [2.45, 2.75) is 6.92 Å². The van der Waals surface area contributed by atoms with E-state index in [1.54, 1.807) is 13.0 Å². The predicted molar refractivity (Wildman–Crippen MR) is 82.4 cm³/mol. The van der Waals surface area contributed by atoms with E-state index in [9.17, 15) is 14.4 Å². The third-order valence-corrected chi connectivity index (χ3v) is 2.65. The lowest BCUT2D eigenvalue weighted by Crippen LogP contribution is -2.17. The van der Waals surface area contributed by atoms with Gasteiger partial charge in [-0.05, 0) is 25.1 Å². The summed E-state index contributed by atoms with van der Waals surface area (Å²) in [6.07, 6.45) is 0. The van der Waals surface area contributed by atoms with E-state index < -0.39 is 23.6 Å². The molecule has 0 saturated carbocycles. The topological polar surface area (TPSA) is 127 Å². The average Bonchev–Trinajstić information content (AvgIpc) is 2.60. The maximum atomic E-state index is 11.7. The van der Waals surface area contributed by atoms with Crippen molar-refractivity contribution in [1.29, 1.82) is 5.26 Å². The summed E-state index contributed by atoms with van der Waals surface area (Å²) in [6.45, 7) is 1.67. The molecular formula is C15H15N3O6. The Morgan fingerprint density at radius 1 is 1.12 bits per heavy atom. The number of carbonyl (C=O) groups excluding carboxylic acids is 3. The Morgan fingerprint density at radius 3 is 2.08 bits per heavy atom. The predicted octanol–water partition coefficient (Wildman–Crippen LogP) is 1.11. The van der Waals surface area contributed by atoms with Crippen molar-refractivity contribution in [3.8, 4) is 6.07 Å². The highest BCUT2D eigenvalue weighted by atomic mass is 16.5. The first-order chi connectivity index (χ1) is 11.5. The molecule has 0 amide bonds. The molecule has 0 spiro atoms. The molecule has 24 heavy (non-hydrogen) atoms. The standard InChI is InChI=1S/C15H15N3O6/c1-4-24-15(21)12(8-16)18-17-11-6-9(13(19)22-2)5-10(7-11)14(20)23-3/h5-7,17H,4H2,1-3H3/b18-12-. The van der Waals surface area contributed by atoms with Gasteiger partial charge < -0.3 is 14.2 Å². The fraction of sp³-hybridized carbons (Fsp3) is 0.267. The molecule has 126 valence electrons. The average molecular weight is 333 g/mol. The number of nitrogens with zero attached hydrogens (tertiary/aromatic N) is 2. The molecule has 9 heteroatoms. The van der Waals surface area contributed by atoms with E-state index in [0.29, 0.717) is 0 Å². The van der Waals surface area contributed by atoms with Crippen LogP contribution >= 0.6 is 0 Å². The third-order valence-electron chi connectivity index (χ3n) is 2.65. The van der Waals surface area contributed by atoms with Crippen molar-refractivity contribution in [1.82, 2.24) is 0 Å².